The van der Waals surface area contributed by atoms with Crippen molar-refractivity contribution in [2.45, 2.75) is 51.0 Å². The molecule has 150 valence electrons. The first-order chi connectivity index (χ1) is 12.7. The number of aliphatic imine (C=N–C) groups is 1. The summed E-state index contributed by atoms with van der Waals surface area (Å²) in [6, 6.07) is 7.91. The second kappa shape index (κ2) is 10.7. The number of benzene rings is 1. The third kappa shape index (κ3) is 6.24. The summed E-state index contributed by atoms with van der Waals surface area (Å²) in [6.45, 7) is 3.33. The van der Waals surface area contributed by atoms with Gasteiger partial charge >= 0.3 is 0 Å². The summed E-state index contributed by atoms with van der Waals surface area (Å²) in [5, 5.41) is 9.50. The highest BCUT2D eigenvalue weighted by Crippen LogP contribution is 2.34. The monoisotopic (exact) mass is 488 g/mol. The minimum Gasteiger partial charge on any atom is -0.497 e. The van der Waals surface area contributed by atoms with Crippen molar-refractivity contribution >= 4 is 35.8 Å². The normalized spacial score (nSPS) is 23.5. The standard InChI is InChI=1S/C19H28N4O3.HI/c1-3-20-19(23-16-10-15-8-9-17(16)26-15)22-12-18(24)21-11-13-4-6-14(25-2)7-5-13;/h4-7,15-17H,3,8-12H2,1-2H3,(H,21,24)(H2,20,22,23);1H. The predicted octanol–water partition coefficient (Wildman–Crippen LogP) is 1.80. The highest BCUT2D eigenvalue weighted by atomic mass is 127. The van der Waals surface area contributed by atoms with E-state index in [9.17, 15) is 4.79 Å². The maximum Gasteiger partial charge on any atom is 0.242 e. The molecular formula is C19H29IN4O3. The second-order valence-electron chi connectivity index (χ2n) is 6.68. The first kappa shape index (κ1) is 21.7. The molecule has 1 amide bonds. The number of nitrogens with zero attached hydrogens (tertiary/aromatic N) is 1. The minimum atomic E-state index is -0.109. The minimum absolute atomic E-state index is 0. The molecule has 3 unspecified atom stereocenters. The molecule has 2 bridgehead atoms. The van der Waals surface area contributed by atoms with Crippen LogP contribution in [0, 0.1) is 0 Å². The maximum absolute atomic E-state index is 12.1. The van der Waals surface area contributed by atoms with Gasteiger partial charge in [0, 0.05) is 13.1 Å². The number of fused-ring (bicyclic) bond motifs is 2. The van der Waals surface area contributed by atoms with Gasteiger partial charge in [-0.1, -0.05) is 12.1 Å². The summed E-state index contributed by atoms with van der Waals surface area (Å²) in [7, 11) is 1.63. The van der Waals surface area contributed by atoms with E-state index in [1.54, 1.807) is 7.11 Å². The Morgan fingerprint density at radius 1 is 1.26 bits per heavy atom. The number of ether oxygens (including phenoxy) is 2. The first-order valence-corrected chi connectivity index (χ1v) is 9.28. The Hall–Kier alpha value is -1.55. The van der Waals surface area contributed by atoms with Gasteiger partial charge in [-0.2, -0.15) is 0 Å². The molecule has 0 aromatic heterocycles. The van der Waals surface area contributed by atoms with E-state index < -0.39 is 0 Å². The van der Waals surface area contributed by atoms with Crippen molar-refractivity contribution in [3.8, 4) is 5.75 Å². The van der Waals surface area contributed by atoms with Gasteiger partial charge in [0.15, 0.2) is 5.96 Å². The Labute approximate surface area is 177 Å². The Bertz CT molecular complexity index is 638. The Morgan fingerprint density at radius 2 is 2.04 bits per heavy atom. The zero-order valence-corrected chi connectivity index (χ0v) is 18.2. The van der Waals surface area contributed by atoms with Crippen LogP contribution >= 0.6 is 24.0 Å². The summed E-state index contributed by atoms with van der Waals surface area (Å²) in [6.07, 6.45) is 3.92. The van der Waals surface area contributed by atoms with Gasteiger partial charge in [0.1, 0.15) is 12.3 Å². The van der Waals surface area contributed by atoms with Crippen molar-refractivity contribution in [1.29, 1.82) is 0 Å². The maximum atomic E-state index is 12.1. The molecule has 1 aromatic rings. The lowest BCUT2D eigenvalue weighted by Crippen LogP contribution is -2.47. The van der Waals surface area contributed by atoms with Crippen molar-refractivity contribution in [1.82, 2.24) is 16.0 Å². The molecular weight excluding hydrogens is 459 g/mol. The third-order valence-corrected chi connectivity index (χ3v) is 4.80. The van der Waals surface area contributed by atoms with Gasteiger partial charge in [0.2, 0.25) is 5.91 Å². The van der Waals surface area contributed by atoms with E-state index in [-0.39, 0.29) is 48.6 Å². The van der Waals surface area contributed by atoms with Gasteiger partial charge in [-0.3, -0.25) is 4.79 Å². The molecule has 3 atom stereocenters. The number of methoxy groups -OCH3 is 1. The fourth-order valence-corrected chi connectivity index (χ4v) is 3.44. The highest BCUT2D eigenvalue weighted by molar-refractivity contribution is 14.0. The Morgan fingerprint density at radius 3 is 2.63 bits per heavy atom. The van der Waals surface area contributed by atoms with Gasteiger partial charge < -0.3 is 25.4 Å². The molecule has 0 spiro atoms. The molecule has 0 aliphatic carbocycles. The fraction of sp³-hybridized carbons (Fsp3) is 0.579. The molecule has 2 aliphatic heterocycles. The Balaban J connectivity index is 0.00000261. The van der Waals surface area contributed by atoms with Crippen LogP contribution in [0.5, 0.6) is 5.75 Å². The van der Waals surface area contributed by atoms with Crippen LogP contribution in [0.2, 0.25) is 0 Å². The largest absolute Gasteiger partial charge is 0.497 e. The molecule has 7 nitrogen and oxygen atoms in total. The zero-order chi connectivity index (χ0) is 18.4. The summed E-state index contributed by atoms with van der Waals surface area (Å²) < 4.78 is 11.0. The number of hydrogen-bond donors (Lipinski definition) is 3. The lowest BCUT2D eigenvalue weighted by atomic mass is 9.96. The smallest absolute Gasteiger partial charge is 0.242 e. The van der Waals surface area contributed by atoms with Crippen molar-refractivity contribution < 1.29 is 14.3 Å². The van der Waals surface area contributed by atoms with E-state index in [0.717, 1.165) is 37.1 Å². The van der Waals surface area contributed by atoms with Gasteiger partial charge in [0.05, 0.1) is 25.4 Å². The number of carbonyl (C=O) groups excluding carboxylic acids is 1. The number of rotatable bonds is 7. The molecule has 2 heterocycles. The van der Waals surface area contributed by atoms with Crippen molar-refractivity contribution in [3.63, 3.8) is 0 Å². The van der Waals surface area contributed by atoms with Crippen LogP contribution in [0.3, 0.4) is 0 Å². The second-order valence-corrected chi connectivity index (χ2v) is 6.68. The zero-order valence-electron chi connectivity index (χ0n) is 15.9. The Kier molecular flexibility index (Phi) is 8.62. The number of amides is 1. The number of halogens is 1. The van der Waals surface area contributed by atoms with Crippen LogP contribution in [0.4, 0.5) is 0 Å². The highest BCUT2D eigenvalue weighted by Gasteiger charge is 2.41. The average molecular weight is 488 g/mol. The van der Waals surface area contributed by atoms with E-state index in [1.165, 1.54) is 0 Å². The van der Waals surface area contributed by atoms with Crippen LogP contribution in [0.1, 0.15) is 31.7 Å². The van der Waals surface area contributed by atoms with E-state index in [1.807, 2.05) is 31.2 Å². The van der Waals surface area contributed by atoms with E-state index >= 15 is 0 Å². The summed E-state index contributed by atoms with van der Waals surface area (Å²) in [5.41, 5.74) is 1.02. The molecule has 0 radical (unpaired) electrons. The van der Waals surface area contributed by atoms with Crippen LogP contribution < -0.4 is 20.7 Å². The number of nitrogens with one attached hydrogen (secondary N) is 3. The number of hydrogen-bond acceptors (Lipinski definition) is 4. The van der Waals surface area contributed by atoms with Crippen LogP contribution in [0.25, 0.3) is 0 Å². The lowest BCUT2D eigenvalue weighted by molar-refractivity contribution is -0.119. The summed E-state index contributed by atoms with van der Waals surface area (Å²) >= 11 is 0. The predicted molar refractivity (Wildman–Crippen MR) is 116 cm³/mol. The molecule has 3 N–H and O–H groups in total. The molecule has 3 rings (SSSR count). The molecule has 1 aromatic carbocycles. The SMILES string of the molecule is CCNC(=NCC(=O)NCc1ccc(OC)cc1)NC1CC2CCC1O2.I. The summed E-state index contributed by atoms with van der Waals surface area (Å²) in [5.74, 6) is 1.37. The van der Waals surface area contributed by atoms with Gasteiger partial charge in [-0.05, 0) is 43.9 Å². The number of carbonyl (C=O) groups is 1. The van der Waals surface area contributed by atoms with E-state index in [4.69, 9.17) is 9.47 Å². The third-order valence-electron chi connectivity index (χ3n) is 4.80. The first-order valence-electron chi connectivity index (χ1n) is 9.28. The molecule has 2 saturated heterocycles. The van der Waals surface area contributed by atoms with Crippen molar-refractivity contribution in [2.75, 3.05) is 20.2 Å². The molecule has 27 heavy (non-hydrogen) atoms. The van der Waals surface area contributed by atoms with Gasteiger partial charge in [0.25, 0.3) is 0 Å². The molecule has 0 saturated carbocycles. The van der Waals surface area contributed by atoms with Gasteiger partial charge in [-0.15, -0.1) is 24.0 Å². The fourth-order valence-electron chi connectivity index (χ4n) is 3.44. The molecule has 2 aliphatic rings. The van der Waals surface area contributed by atoms with Crippen molar-refractivity contribution in [2.24, 2.45) is 4.99 Å². The quantitative estimate of drug-likeness (QED) is 0.310. The van der Waals surface area contributed by atoms with Crippen LogP contribution in [-0.2, 0) is 16.1 Å². The van der Waals surface area contributed by atoms with Crippen LogP contribution in [0.15, 0.2) is 29.3 Å². The number of guanidine groups is 1. The molecule has 2 fully saturated rings. The van der Waals surface area contributed by atoms with E-state index in [0.29, 0.717) is 18.6 Å². The summed E-state index contributed by atoms with van der Waals surface area (Å²) in [4.78, 5) is 16.5. The van der Waals surface area contributed by atoms with Crippen molar-refractivity contribution in [3.05, 3.63) is 29.8 Å². The van der Waals surface area contributed by atoms with Gasteiger partial charge in [-0.25, -0.2) is 4.99 Å². The average Bonchev–Trinajstić information content (AvgIpc) is 3.28. The van der Waals surface area contributed by atoms with E-state index in [2.05, 4.69) is 20.9 Å². The topological polar surface area (TPSA) is 84.0 Å². The molecule has 8 heteroatoms. The van der Waals surface area contributed by atoms with Crippen LogP contribution in [-0.4, -0.2) is 50.3 Å². The lowest BCUT2D eigenvalue weighted by Gasteiger charge is -2.22.